The fourth-order valence-corrected chi connectivity index (χ4v) is 3.00. The van der Waals surface area contributed by atoms with Gasteiger partial charge in [-0.25, -0.2) is 8.42 Å². The fraction of sp³-hybridized carbons (Fsp3) is 0.235. The van der Waals surface area contributed by atoms with Gasteiger partial charge in [0.05, 0.1) is 23.4 Å². The molecule has 9 heteroatoms. The number of aryl methyl sites for hydroxylation is 1. The zero-order chi connectivity index (χ0) is 19.3. The van der Waals surface area contributed by atoms with Crippen molar-refractivity contribution in [3.05, 3.63) is 57.6 Å². The Hall–Kier alpha value is -1.96. The molecule has 0 fully saturated rings. The molecule has 0 aliphatic rings. The smallest absolute Gasteiger partial charge is 0.252 e. The molecule has 26 heavy (non-hydrogen) atoms. The Kier molecular flexibility index (Phi) is 6.75. The molecular formula is C17H18Cl2N2O4S. The van der Waals surface area contributed by atoms with Crippen LogP contribution in [-0.4, -0.2) is 33.7 Å². The van der Waals surface area contributed by atoms with Crippen LogP contribution in [0.15, 0.2) is 36.4 Å². The lowest BCUT2D eigenvalue weighted by Crippen LogP contribution is -2.28. The number of hydrogen-bond acceptors (Lipinski definition) is 4. The Morgan fingerprint density at radius 1 is 1.12 bits per heavy atom. The predicted molar refractivity (Wildman–Crippen MR) is 104 cm³/mol. The molecule has 0 spiro atoms. The SMILES string of the molecule is Cc1ccc(OCCNC(=O)c2cc(NS(C)(=O)=O)ccc2Cl)cc1Cl. The van der Waals surface area contributed by atoms with Gasteiger partial charge in [0.2, 0.25) is 10.0 Å². The molecule has 0 aliphatic carbocycles. The van der Waals surface area contributed by atoms with Crippen LogP contribution < -0.4 is 14.8 Å². The van der Waals surface area contributed by atoms with E-state index in [-0.39, 0.29) is 29.4 Å². The Balaban J connectivity index is 1.93. The minimum atomic E-state index is -3.45. The molecule has 0 heterocycles. The lowest BCUT2D eigenvalue weighted by molar-refractivity contribution is 0.0947. The van der Waals surface area contributed by atoms with E-state index in [1.807, 2.05) is 13.0 Å². The van der Waals surface area contributed by atoms with Crippen LogP contribution in [0, 0.1) is 6.92 Å². The first-order valence-corrected chi connectivity index (χ1v) is 10.2. The molecule has 2 aromatic rings. The Morgan fingerprint density at radius 2 is 1.85 bits per heavy atom. The molecule has 1 amide bonds. The van der Waals surface area contributed by atoms with E-state index < -0.39 is 15.9 Å². The van der Waals surface area contributed by atoms with Crippen LogP contribution in [0.4, 0.5) is 5.69 Å². The van der Waals surface area contributed by atoms with Crippen LogP contribution in [-0.2, 0) is 10.0 Å². The largest absolute Gasteiger partial charge is 0.492 e. The summed E-state index contributed by atoms with van der Waals surface area (Å²) < 4.78 is 30.4. The van der Waals surface area contributed by atoms with Gasteiger partial charge < -0.3 is 10.1 Å². The highest BCUT2D eigenvalue weighted by molar-refractivity contribution is 7.92. The van der Waals surface area contributed by atoms with Gasteiger partial charge in [-0.1, -0.05) is 29.3 Å². The number of ether oxygens (including phenoxy) is 1. The van der Waals surface area contributed by atoms with Crippen LogP contribution in [0.1, 0.15) is 15.9 Å². The molecular weight excluding hydrogens is 399 g/mol. The summed E-state index contributed by atoms with van der Waals surface area (Å²) in [5.41, 5.74) is 1.37. The quantitative estimate of drug-likeness (QED) is 0.676. The summed E-state index contributed by atoms with van der Waals surface area (Å²) >= 11 is 12.0. The van der Waals surface area contributed by atoms with E-state index in [1.54, 1.807) is 12.1 Å². The average molecular weight is 417 g/mol. The van der Waals surface area contributed by atoms with E-state index in [4.69, 9.17) is 27.9 Å². The maximum atomic E-state index is 12.2. The number of hydrogen-bond donors (Lipinski definition) is 2. The summed E-state index contributed by atoms with van der Waals surface area (Å²) in [6.07, 6.45) is 1.02. The van der Waals surface area contributed by atoms with Gasteiger partial charge in [0.15, 0.2) is 0 Å². The summed E-state index contributed by atoms with van der Waals surface area (Å²) in [7, 11) is -3.45. The maximum Gasteiger partial charge on any atom is 0.252 e. The second-order valence-electron chi connectivity index (χ2n) is 5.58. The van der Waals surface area contributed by atoms with E-state index in [9.17, 15) is 13.2 Å². The van der Waals surface area contributed by atoms with Crippen molar-refractivity contribution in [2.24, 2.45) is 0 Å². The van der Waals surface area contributed by atoms with Crippen molar-refractivity contribution in [3.63, 3.8) is 0 Å². The average Bonchev–Trinajstić information content (AvgIpc) is 2.55. The van der Waals surface area contributed by atoms with Crippen molar-refractivity contribution >= 4 is 44.8 Å². The Morgan fingerprint density at radius 3 is 2.50 bits per heavy atom. The lowest BCUT2D eigenvalue weighted by Gasteiger charge is -2.11. The van der Waals surface area contributed by atoms with Crippen molar-refractivity contribution in [1.29, 1.82) is 0 Å². The number of nitrogens with one attached hydrogen (secondary N) is 2. The second kappa shape index (κ2) is 8.62. The molecule has 140 valence electrons. The standard InChI is InChI=1S/C17H18Cl2N2O4S/c1-11-3-5-13(10-16(11)19)25-8-7-20-17(22)14-9-12(4-6-15(14)18)21-26(2,23)24/h3-6,9-10,21H,7-8H2,1-2H3,(H,20,22). The van der Waals surface area contributed by atoms with Crippen molar-refractivity contribution in [1.82, 2.24) is 5.32 Å². The van der Waals surface area contributed by atoms with Crippen LogP contribution in [0.25, 0.3) is 0 Å². The van der Waals surface area contributed by atoms with Gasteiger partial charge in [-0.3, -0.25) is 9.52 Å². The predicted octanol–water partition coefficient (Wildman–Crippen LogP) is 3.48. The van der Waals surface area contributed by atoms with Crippen molar-refractivity contribution in [2.75, 3.05) is 24.1 Å². The van der Waals surface area contributed by atoms with E-state index in [2.05, 4.69) is 10.0 Å². The summed E-state index contributed by atoms with van der Waals surface area (Å²) in [5, 5.41) is 3.49. The first-order chi connectivity index (χ1) is 12.2. The Labute approximate surface area is 162 Å². The molecule has 0 atom stereocenters. The van der Waals surface area contributed by atoms with E-state index >= 15 is 0 Å². The highest BCUT2D eigenvalue weighted by Gasteiger charge is 2.12. The molecule has 0 saturated heterocycles. The molecule has 0 aromatic heterocycles. The molecule has 0 bridgehead atoms. The topological polar surface area (TPSA) is 84.5 Å². The first-order valence-electron chi connectivity index (χ1n) is 7.60. The summed E-state index contributed by atoms with van der Waals surface area (Å²) in [4.78, 5) is 12.2. The zero-order valence-electron chi connectivity index (χ0n) is 14.2. The van der Waals surface area contributed by atoms with Gasteiger partial charge in [0.25, 0.3) is 5.91 Å². The van der Waals surface area contributed by atoms with Crippen LogP contribution in [0.2, 0.25) is 10.0 Å². The minimum Gasteiger partial charge on any atom is -0.492 e. The molecule has 0 unspecified atom stereocenters. The van der Waals surface area contributed by atoms with Crippen LogP contribution in [0.5, 0.6) is 5.75 Å². The second-order valence-corrected chi connectivity index (χ2v) is 8.15. The van der Waals surface area contributed by atoms with Gasteiger partial charge >= 0.3 is 0 Å². The van der Waals surface area contributed by atoms with Gasteiger partial charge in [-0.05, 0) is 42.8 Å². The molecule has 2 aromatic carbocycles. The van der Waals surface area contributed by atoms with E-state index in [0.29, 0.717) is 10.8 Å². The number of carbonyl (C=O) groups excluding carboxylic acids is 1. The summed E-state index contributed by atoms with van der Waals surface area (Å²) in [6, 6.07) is 9.64. The van der Waals surface area contributed by atoms with Gasteiger partial charge in [0.1, 0.15) is 12.4 Å². The monoisotopic (exact) mass is 416 g/mol. The Bertz CT molecular complexity index is 917. The van der Waals surface area contributed by atoms with Crippen molar-refractivity contribution in [2.45, 2.75) is 6.92 Å². The van der Waals surface area contributed by atoms with Crippen LogP contribution in [0.3, 0.4) is 0 Å². The molecule has 2 rings (SSSR count). The molecule has 0 saturated carbocycles. The van der Waals surface area contributed by atoms with E-state index in [1.165, 1.54) is 18.2 Å². The number of halogens is 2. The number of amides is 1. The van der Waals surface area contributed by atoms with Crippen molar-refractivity contribution < 1.29 is 17.9 Å². The molecule has 2 N–H and O–H groups in total. The number of benzene rings is 2. The third kappa shape index (κ3) is 6.09. The molecule has 6 nitrogen and oxygen atoms in total. The summed E-state index contributed by atoms with van der Waals surface area (Å²) in [5.74, 6) is 0.171. The van der Waals surface area contributed by atoms with Gasteiger partial charge in [0, 0.05) is 10.7 Å². The third-order valence-electron chi connectivity index (χ3n) is 3.31. The minimum absolute atomic E-state index is 0.165. The number of rotatable bonds is 7. The highest BCUT2D eigenvalue weighted by atomic mass is 35.5. The van der Waals surface area contributed by atoms with Gasteiger partial charge in [-0.2, -0.15) is 0 Å². The van der Waals surface area contributed by atoms with Gasteiger partial charge in [-0.15, -0.1) is 0 Å². The van der Waals surface area contributed by atoms with E-state index in [0.717, 1.165) is 11.8 Å². The third-order valence-corrected chi connectivity index (χ3v) is 4.66. The fourth-order valence-electron chi connectivity index (χ4n) is 2.07. The number of carbonyl (C=O) groups is 1. The highest BCUT2D eigenvalue weighted by Crippen LogP contribution is 2.22. The summed E-state index contributed by atoms with van der Waals surface area (Å²) in [6.45, 7) is 2.37. The number of sulfonamides is 1. The maximum absolute atomic E-state index is 12.2. The lowest BCUT2D eigenvalue weighted by atomic mass is 10.2. The normalized spacial score (nSPS) is 11.1. The number of anilines is 1. The first kappa shape index (κ1) is 20.4. The van der Waals surface area contributed by atoms with Crippen LogP contribution >= 0.6 is 23.2 Å². The zero-order valence-corrected chi connectivity index (χ0v) is 16.5. The van der Waals surface area contributed by atoms with Crippen molar-refractivity contribution in [3.8, 4) is 5.75 Å². The molecule has 0 radical (unpaired) electrons. The molecule has 0 aliphatic heterocycles.